The number of ether oxygens (including phenoxy) is 1. The summed E-state index contributed by atoms with van der Waals surface area (Å²) in [7, 11) is 0. The Bertz CT molecular complexity index is 804. The van der Waals surface area contributed by atoms with Crippen LogP contribution in [-0.2, 0) is 19.1 Å². The summed E-state index contributed by atoms with van der Waals surface area (Å²) < 4.78 is 4.63. The van der Waals surface area contributed by atoms with Gasteiger partial charge >= 0.3 is 5.97 Å². The quantitative estimate of drug-likeness (QED) is 0.533. The van der Waals surface area contributed by atoms with Crippen molar-refractivity contribution < 1.29 is 24.2 Å². The third-order valence-electron chi connectivity index (χ3n) is 6.49. The lowest BCUT2D eigenvalue weighted by Crippen LogP contribution is -2.57. The zero-order valence-corrected chi connectivity index (χ0v) is 18.6. The second-order valence-corrected chi connectivity index (χ2v) is 10.8. The van der Waals surface area contributed by atoms with E-state index in [4.69, 9.17) is 4.74 Å². The van der Waals surface area contributed by atoms with Gasteiger partial charge in [-0.3, -0.25) is 14.4 Å². The molecule has 1 spiro atoms. The summed E-state index contributed by atoms with van der Waals surface area (Å²) in [6, 6.07) is -0.695. The molecule has 30 heavy (non-hydrogen) atoms. The molecular formula is C22H30N2O5S. The minimum atomic E-state index is -0.813. The first-order chi connectivity index (χ1) is 14.2. The lowest BCUT2D eigenvalue weighted by atomic mass is 9.78. The maximum Gasteiger partial charge on any atom is 0.311 e. The maximum atomic E-state index is 13.8. The molecule has 4 heterocycles. The standard InChI is InChI=1S/C22H30N2O5S/c1-21(2,3)24-11-6-9-22-16(15-14(30-22)8-4-5-13-29-20(15)28)18(26)23(10-7-12-25)17(22)19(24)27/h4,6,8-9,14-17,25H,5,7,10-13H2,1-3H3/t14-,15+,16+,17?,22+/m1/s1. The Balaban J connectivity index is 1.83. The molecule has 0 saturated carbocycles. The molecule has 4 aliphatic rings. The number of aliphatic hydroxyl groups excluding tert-OH is 1. The maximum absolute atomic E-state index is 13.8. The first kappa shape index (κ1) is 21.4. The lowest BCUT2D eigenvalue weighted by molar-refractivity contribution is -0.153. The highest BCUT2D eigenvalue weighted by atomic mass is 32.2. The van der Waals surface area contributed by atoms with E-state index in [-0.39, 0.29) is 29.6 Å². The predicted molar refractivity (Wildman–Crippen MR) is 114 cm³/mol. The fourth-order valence-corrected chi connectivity index (χ4v) is 7.19. The second-order valence-electron chi connectivity index (χ2n) is 9.36. The molecule has 7 nitrogen and oxygen atoms in total. The van der Waals surface area contributed by atoms with Gasteiger partial charge in [-0.05, 0) is 33.6 Å². The van der Waals surface area contributed by atoms with Gasteiger partial charge in [-0.2, -0.15) is 0 Å². The smallest absolute Gasteiger partial charge is 0.311 e. The Morgan fingerprint density at radius 1 is 1.23 bits per heavy atom. The molecule has 2 saturated heterocycles. The van der Waals surface area contributed by atoms with E-state index in [2.05, 4.69) is 0 Å². The van der Waals surface area contributed by atoms with E-state index in [0.29, 0.717) is 32.5 Å². The van der Waals surface area contributed by atoms with Crippen LogP contribution in [0.5, 0.6) is 0 Å². The number of cyclic esters (lactones) is 1. The van der Waals surface area contributed by atoms with Crippen LogP contribution < -0.4 is 0 Å². The lowest BCUT2D eigenvalue weighted by Gasteiger charge is -2.40. The van der Waals surface area contributed by atoms with Crippen LogP contribution in [0.2, 0.25) is 0 Å². The predicted octanol–water partition coefficient (Wildman–Crippen LogP) is 1.37. The molecule has 0 bridgehead atoms. The normalized spacial score (nSPS) is 36.1. The Labute approximate surface area is 181 Å². The highest BCUT2D eigenvalue weighted by Gasteiger charge is 2.71. The fraction of sp³-hybridized carbons (Fsp3) is 0.682. The highest BCUT2D eigenvalue weighted by molar-refractivity contribution is 8.02. The number of rotatable bonds is 3. The van der Waals surface area contributed by atoms with E-state index < -0.39 is 28.2 Å². The Morgan fingerprint density at radius 3 is 2.70 bits per heavy atom. The van der Waals surface area contributed by atoms with Crippen molar-refractivity contribution >= 4 is 29.5 Å². The Hall–Kier alpha value is -1.80. The number of esters is 1. The number of aliphatic hydroxyl groups is 1. The molecule has 2 amide bonds. The molecule has 0 aromatic heterocycles. The number of fused-ring (bicyclic) bond motifs is 2. The summed E-state index contributed by atoms with van der Waals surface area (Å²) in [5, 5.41) is 9.17. The van der Waals surface area contributed by atoms with Crippen LogP contribution in [0.25, 0.3) is 0 Å². The largest absolute Gasteiger partial charge is 0.465 e. The van der Waals surface area contributed by atoms with E-state index in [1.807, 2.05) is 45.1 Å². The number of likely N-dealkylation sites (tertiary alicyclic amines) is 1. The van der Waals surface area contributed by atoms with E-state index >= 15 is 0 Å². The molecular weight excluding hydrogens is 404 g/mol. The van der Waals surface area contributed by atoms with Gasteiger partial charge in [0.15, 0.2) is 0 Å². The van der Waals surface area contributed by atoms with Crippen LogP contribution in [0.3, 0.4) is 0 Å². The summed E-state index contributed by atoms with van der Waals surface area (Å²) in [5.41, 5.74) is -0.402. The summed E-state index contributed by atoms with van der Waals surface area (Å²) in [6.45, 7) is 6.95. The number of hydrogen-bond donors (Lipinski definition) is 1. The number of nitrogens with zero attached hydrogens (tertiary/aromatic N) is 2. The Kier molecular flexibility index (Phi) is 5.51. The van der Waals surface area contributed by atoms with Crippen molar-refractivity contribution in [2.24, 2.45) is 11.8 Å². The van der Waals surface area contributed by atoms with Gasteiger partial charge in [-0.25, -0.2) is 0 Å². The van der Waals surface area contributed by atoms with Gasteiger partial charge in [0.1, 0.15) is 6.04 Å². The van der Waals surface area contributed by atoms with Crippen molar-refractivity contribution in [3.8, 4) is 0 Å². The molecule has 2 fully saturated rings. The SMILES string of the molecule is CC(C)(C)N1CC=C[C@]23S[C@@H]4C=CCCOC(=O)[C@@H]4[C@H]2C(=O)N(CCCO)C3C1=O. The number of carbonyl (C=O) groups is 3. The molecule has 1 unspecified atom stereocenters. The Morgan fingerprint density at radius 2 is 2.00 bits per heavy atom. The van der Waals surface area contributed by atoms with E-state index in [0.717, 1.165) is 0 Å². The third kappa shape index (κ3) is 3.19. The van der Waals surface area contributed by atoms with Crippen LogP contribution in [0, 0.1) is 11.8 Å². The minimum absolute atomic E-state index is 0.0643. The van der Waals surface area contributed by atoms with Gasteiger partial charge in [0, 0.05) is 30.5 Å². The van der Waals surface area contributed by atoms with E-state index in [9.17, 15) is 19.5 Å². The van der Waals surface area contributed by atoms with E-state index in [1.54, 1.807) is 21.6 Å². The second kappa shape index (κ2) is 7.71. The van der Waals surface area contributed by atoms with Crippen molar-refractivity contribution in [1.29, 1.82) is 0 Å². The molecule has 5 atom stereocenters. The topological polar surface area (TPSA) is 87.2 Å². The average molecular weight is 435 g/mol. The van der Waals surface area contributed by atoms with Gasteiger partial charge in [0.2, 0.25) is 11.8 Å². The fourth-order valence-electron chi connectivity index (χ4n) is 5.19. The average Bonchev–Trinajstić information content (AvgIpc) is 3.03. The first-order valence-corrected chi connectivity index (χ1v) is 11.5. The van der Waals surface area contributed by atoms with Crippen LogP contribution in [-0.4, -0.2) is 80.6 Å². The van der Waals surface area contributed by atoms with Gasteiger partial charge < -0.3 is 19.6 Å². The minimum Gasteiger partial charge on any atom is -0.465 e. The van der Waals surface area contributed by atoms with Crippen LogP contribution in [0.1, 0.15) is 33.6 Å². The van der Waals surface area contributed by atoms with E-state index in [1.165, 1.54) is 0 Å². The highest BCUT2D eigenvalue weighted by Crippen LogP contribution is 2.60. The molecule has 1 N–H and O–H groups in total. The van der Waals surface area contributed by atoms with Crippen LogP contribution in [0.4, 0.5) is 0 Å². The number of hydrogen-bond acceptors (Lipinski definition) is 6. The summed E-state index contributed by atoms with van der Waals surface area (Å²) in [5.74, 6) is -1.90. The number of thioether (sulfide) groups is 1. The van der Waals surface area contributed by atoms with Crippen LogP contribution in [0.15, 0.2) is 24.3 Å². The molecule has 4 aliphatic heterocycles. The van der Waals surface area contributed by atoms with Crippen molar-refractivity contribution in [3.63, 3.8) is 0 Å². The third-order valence-corrected chi connectivity index (χ3v) is 8.23. The zero-order valence-electron chi connectivity index (χ0n) is 17.7. The molecule has 8 heteroatoms. The molecule has 0 aromatic rings. The van der Waals surface area contributed by atoms with Crippen molar-refractivity contribution in [1.82, 2.24) is 9.80 Å². The first-order valence-electron chi connectivity index (χ1n) is 10.6. The van der Waals surface area contributed by atoms with Crippen molar-refractivity contribution in [3.05, 3.63) is 24.3 Å². The van der Waals surface area contributed by atoms with Gasteiger partial charge in [0.05, 0.1) is 23.2 Å². The summed E-state index contributed by atoms with van der Waals surface area (Å²) in [4.78, 5) is 43.8. The summed E-state index contributed by atoms with van der Waals surface area (Å²) >= 11 is 1.55. The number of carbonyl (C=O) groups excluding carboxylic acids is 3. The van der Waals surface area contributed by atoms with Crippen molar-refractivity contribution in [2.45, 2.75) is 55.2 Å². The van der Waals surface area contributed by atoms with Gasteiger partial charge in [0.25, 0.3) is 0 Å². The van der Waals surface area contributed by atoms with Crippen molar-refractivity contribution in [2.75, 3.05) is 26.3 Å². The molecule has 0 radical (unpaired) electrons. The molecule has 0 aliphatic carbocycles. The monoisotopic (exact) mass is 434 g/mol. The van der Waals surface area contributed by atoms with Gasteiger partial charge in [-0.1, -0.05) is 24.3 Å². The molecule has 4 rings (SSSR count). The molecule has 0 aromatic carbocycles. The zero-order chi connectivity index (χ0) is 21.7. The molecule has 164 valence electrons. The van der Waals surface area contributed by atoms with Gasteiger partial charge in [-0.15, -0.1) is 11.8 Å². The van der Waals surface area contributed by atoms with Crippen LogP contribution >= 0.6 is 11.8 Å². The summed E-state index contributed by atoms with van der Waals surface area (Å²) in [6.07, 6.45) is 9.03. The number of amides is 2.